The highest BCUT2D eigenvalue weighted by molar-refractivity contribution is 9.10. The summed E-state index contributed by atoms with van der Waals surface area (Å²) < 4.78 is 2.74. The van der Waals surface area contributed by atoms with Crippen LogP contribution in [0, 0.1) is 0 Å². The summed E-state index contributed by atoms with van der Waals surface area (Å²) in [5, 5.41) is 15.6. The molecule has 6 nitrogen and oxygen atoms in total. The van der Waals surface area contributed by atoms with Crippen LogP contribution in [0.2, 0.25) is 0 Å². The van der Waals surface area contributed by atoms with Crippen molar-refractivity contribution in [3.63, 3.8) is 0 Å². The van der Waals surface area contributed by atoms with Crippen LogP contribution in [0.25, 0.3) is 16.2 Å². The largest absolute Gasteiger partial charge is 0.507 e. The molecule has 2 N–H and O–H groups in total. The minimum Gasteiger partial charge on any atom is -0.507 e. The highest BCUT2D eigenvalue weighted by Gasteiger charge is 2.12. The highest BCUT2D eigenvalue weighted by atomic mass is 79.9. The zero-order valence-electron chi connectivity index (χ0n) is 14.5. The van der Waals surface area contributed by atoms with E-state index in [1.807, 2.05) is 46.3 Å². The Bertz CT molecular complexity index is 1170. The van der Waals surface area contributed by atoms with Crippen molar-refractivity contribution in [2.45, 2.75) is 6.42 Å². The van der Waals surface area contributed by atoms with Gasteiger partial charge < -0.3 is 5.11 Å². The van der Waals surface area contributed by atoms with Crippen LogP contribution in [-0.4, -0.2) is 26.6 Å². The maximum atomic E-state index is 12.2. The number of hydrogen-bond acceptors (Lipinski definition) is 5. The molecule has 0 radical (unpaired) electrons. The number of amides is 1. The first-order valence-electron chi connectivity index (χ1n) is 8.41. The Balaban J connectivity index is 1.46. The second kappa shape index (κ2) is 7.95. The Kier molecular flexibility index (Phi) is 5.23. The summed E-state index contributed by atoms with van der Waals surface area (Å²) in [6.07, 6.45) is 3.52. The number of carbonyl (C=O) groups excluding carboxylic acids is 1. The second-order valence-corrected chi connectivity index (χ2v) is 7.80. The monoisotopic (exact) mass is 454 g/mol. The molecule has 2 aromatic heterocycles. The van der Waals surface area contributed by atoms with E-state index in [9.17, 15) is 9.90 Å². The third-order valence-electron chi connectivity index (χ3n) is 4.08. The van der Waals surface area contributed by atoms with Crippen molar-refractivity contribution in [2.75, 3.05) is 0 Å². The maximum absolute atomic E-state index is 12.2. The number of imidazole rings is 1. The molecule has 8 heteroatoms. The van der Waals surface area contributed by atoms with Crippen LogP contribution in [0.1, 0.15) is 11.3 Å². The zero-order chi connectivity index (χ0) is 19.5. The maximum Gasteiger partial charge on any atom is 0.246 e. The summed E-state index contributed by atoms with van der Waals surface area (Å²) in [7, 11) is 0. The smallest absolute Gasteiger partial charge is 0.246 e. The number of phenols is 1. The van der Waals surface area contributed by atoms with Crippen LogP contribution >= 0.6 is 27.3 Å². The zero-order valence-corrected chi connectivity index (χ0v) is 16.9. The standard InChI is InChI=1S/C20H15BrN4O2S/c21-15-6-7-18(26)14(8-15)10-22-24-19(27)9-16-12-28-20-23-17(11-25(16)20)13-4-2-1-3-5-13/h1-8,10-12,26H,9H2,(H,24,27)/b22-10+. The predicted molar refractivity (Wildman–Crippen MR) is 114 cm³/mol. The highest BCUT2D eigenvalue weighted by Crippen LogP contribution is 2.24. The molecule has 28 heavy (non-hydrogen) atoms. The number of thiazole rings is 1. The summed E-state index contributed by atoms with van der Waals surface area (Å²) in [5.41, 5.74) is 5.75. The summed E-state index contributed by atoms with van der Waals surface area (Å²) in [6, 6.07) is 14.9. The van der Waals surface area contributed by atoms with Crippen LogP contribution in [-0.2, 0) is 11.2 Å². The molecule has 0 fully saturated rings. The van der Waals surface area contributed by atoms with Gasteiger partial charge in [0.25, 0.3) is 0 Å². The molecular formula is C20H15BrN4O2S. The first kappa shape index (κ1) is 18.4. The lowest BCUT2D eigenvalue weighted by Crippen LogP contribution is -2.20. The SMILES string of the molecule is O=C(Cc1csc2nc(-c3ccccc3)cn12)N/N=C/c1cc(Br)ccc1O. The van der Waals surface area contributed by atoms with Crippen LogP contribution in [0.4, 0.5) is 0 Å². The van der Waals surface area contributed by atoms with Gasteiger partial charge >= 0.3 is 0 Å². The Hall–Kier alpha value is -2.97. The van der Waals surface area contributed by atoms with Crippen molar-refractivity contribution >= 4 is 44.3 Å². The van der Waals surface area contributed by atoms with E-state index in [-0.39, 0.29) is 18.1 Å². The van der Waals surface area contributed by atoms with Crippen LogP contribution in [0.15, 0.2) is 69.7 Å². The fourth-order valence-electron chi connectivity index (χ4n) is 2.71. The molecule has 1 amide bonds. The van der Waals surface area contributed by atoms with Crippen LogP contribution < -0.4 is 5.43 Å². The van der Waals surface area contributed by atoms with Gasteiger partial charge in [0.15, 0.2) is 4.96 Å². The van der Waals surface area contributed by atoms with Gasteiger partial charge in [-0.25, -0.2) is 10.4 Å². The van der Waals surface area contributed by atoms with Gasteiger partial charge in [0.2, 0.25) is 5.91 Å². The molecule has 0 aliphatic rings. The average molecular weight is 455 g/mol. The van der Waals surface area contributed by atoms with Gasteiger partial charge in [-0.3, -0.25) is 9.20 Å². The molecule has 0 unspecified atom stereocenters. The number of phenolic OH excluding ortho intramolecular Hbond substituents is 1. The normalized spacial score (nSPS) is 11.3. The van der Waals surface area contributed by atoms with E-state index >= 15 is 0 Å². The van der Waals surface area contributed by atoms with Crippen LogP contribution in [0.5, 0.6) is 5.75 Å². The number of aromatic nitrogens is 2. The lowest BCUT2D eigenvalue weighted by molar-refractivity contribution is -0.120. The molecule has 0 aliphatic carbocycles. The Morgan fingerprint density at radius 3 is 2.93 bits per heavy atom. The Morgan fingerprint density at radius 1 is 1.29 bits per heavy atom. The summed E-state index contributed by atoms with van der Waals surface area (Å²) in [5.74, 6) is -0.159. The topological polar surface area (TPSA) is 79.0 Å². The number of hydrogen-bond donors (Lipinski definition) is 2. The quantitative estimate of drug-likeness (QED) is 0.349. The van der Waals surface area contributed by atoms with Crippen molar-refractivity contribution in [1.29, 1.82) is 0 Å². The molecular weight excluding hydrogens is 440 g/mol. The second-order valence-electron chi connectivity index (χ2n) is 6.04. The van der Waals surface area contributed by atoms with Gasteiger partial charge in [-0.2, -0.15) is 5.10 Å². The van der Waals surface area contributed by atoms with E-state index in [4.69, 9.17) is 0 Å². The predicted octanol–water partition coefficient (Wildman–Crippen LogP) is 4.22. The van der Waals surface area contributed by atoms with Crippen LogP contribution in [0.3, 0.4) is 0 Å². The summed E-state index contributed by atoms with van der Waals surface area (Å²) >= 11 is 4.82. The fourth-order valence-corrected chi connectivity index (χ4v) is 3.96. The van der Waals surface area contributed by atoms with E-state index in [0.717, 1.165) is 26.4 Å². The number of rotatable bonds is 5. The minimum absolute atomic E-state index is 0.0904. The van der Waals surface area contributed by atoms with E-state index in [1.165, 1.54) is 17.6 Å². The number of aromatic hydroxyl groups is 1. The number of fused-ring (bicyclic) bond motifs is 1. The van der Waals surface area contributed by atoms with Gasteiger partial charge in [-0.1, -0.05) is 46.3 Å². The van der Waals surface area contributed by atoms with Gasteiger partial charge in [-0.15, -0.1) is 11.3 Å². The Morgan fingerprint density at radius 2 is 2.11 bits per heavy atom. The van der Waals surface area contributed by atoms with Gasteiger partial charge in [0.1, 0.15) is 5.75 Å². The molecule has 0 bridgehead atoms. The molecule has 0 aliphatic heterocycles. The van der Waals surface area contributed by atoms with Gasteiger partial charge in [0.05, 0.1) is 18.3 Å². The first-order chi connectivity index (χ1) is 13.6. The van der Waals surface area contributed by atoms with E-state index in [2.05, 4.69) is 31.4 Å². The molecule has 4 rings (SSSR count). The summed E-state index contributed by atoms with van der Waals surface area (Å²) in [4.78, 5) is 17.7. The average Bonchev–Trinajstić information content (AvgIpc) is 3.27. The molecule has 0 atom stereocenters. The molecule has 2 aromatic carbocycles. The van der Waals surface area contributed by atoms with E-state index in [1.54, 1.807) is 18.2 Å². The third-order valence-corrected chi connectivity index (χ3v) is 5.46. The number of nitrogens with one attached hydrogen (secondary N) is 1. The molecule has 4 aromatic rings. The third kappa shape index (κ3) is 3.97. The molecule has 140 valence electrons. The summed E-state index contributed by atoms with van der Waals surface area (Å²) in [6.45, 7) is 0. The van der Waals surface area contributed by atoms with Crippen molar-refractivity contribution in [1.82, 2.24) is 14.8 Å². The van der Waals surface area contributed by atoms with Gasteiger partial charge in [0, 0.05) is 32.9 Å². The molecule has 0 saturated carbocycles. The number of benzene rings is 2. The Labute approximate surface area is 173 Å². The number of halogens is 1. The molecule has 0 spiro atoms. The number of hydrazone groups is 1. The van der Waals surface area contributed by atoms with Crippen molar-refractivity contribution < 1.29 is 9.90 Å². The molecule has 0 saturated heterocycles. The lowest BCUT2D eigenvalue weighted by Gasteiger charge is -2.01. The lowest BCUT2D eigenvalue weighted by atomic mass is 10.2. The van der Waals surface area contributed by atoms with E-state index in [0.29, 0.717) is 5.56 Å². The van der Waals surface area contributed by atoms with Crippen molar-refractivity contribution in [3.05, 3.63) is 75.8 Å². The van der Waals surface area contributed by atoms with Crippen molar-refractivity contribution in [3.8, 4) is 17.0 Å². The van der Waals surface area contributed by atoms with E-state index < -0.39 is 0 Å². The molecule has 2 heterocycles. The van der Waals surface area contributed by atoms with Crippen molar-refractivity contribution in [2.24, 2.45) is 5.10 Å². The number of nitrogens with zero attached hydrogens (tertiary/aromatic N) is 3. The number of carbonyl (C=O) groups is 1. The first-order valence-corrected chi connectivity index (χ1v) is 10.1. The minimum atomic E-state index is -0.250. The fraction of sp³-hybridized carbons (Fsp3) is 0.0500. The van der Waals surface area contributed by atoms with Gasteiger partial charge in [-0.05, 0) is 18.2 Å².